The molecule has 0 fully saturated rings. The summed E-state index contributed by atoms with van der Waals surface area (Å²) in [6.45, 7) is 0.317. The predicted molar refractivity (Wildman–Crippen MR) is 97.2 cm³/mol. The summed E-state index contributed by atoms with van der Waals surface area (Å²) in [5.74, 6) is -0.704. The Labute approximate surface area is 158 Å². The van der Waals surface area contributed by atoms with Crippen LogP contribution in [-0.4, -0.2) is 27.9 Å². The summed E-state index contributed by atoms with van der Waals surface area (Å²) in [7, 11) is 0. The lowest BCUT2D eigenvalue weighted by Crippen LogP contribution is -2.39. The van der Waals surface area contributed by atoms with Crippen LogP contribution in [0.15, 0.2) is 64.2 Å². The number of aromatic nitrogens is 2. The molecular formula is C18H15FN4O3S. The molecule has 0 aliphatic rings. The third-order valence-corrected chi connectivity index (χ3v) is 4.19. The van der Waals surface area contributed by atoms with Gasteiger partial charge in [-0.2, -0.15) is 0 Å². The number of nitrogens with one attached hydrogen (secondary N) is 2. The van der Waals surface area contributed by atoms with E-state index in [-0.39, 0.29) is 22.7 Å². The highest BCUT2D eigenvalue weighted by molar-refractivity contribution is 7.99. The lowest BCUT2D eigenvalue weighted by molar-refractivity contribution is -0.117. The lowest BCUT2D eigenvalue weighted by Gasteiger charge is -2.06. The zero-order valence-electron chi connectivity index (χ0n) is 14.0. The minimum Gasteiger partial charge on any atom is -0.411 e. The van der Waals surface area contributed by atoms with Crippen LogP contribution in [0.2, 0.25) is 0 Å². The monoisotopic (exact) mass is 386 g/mol. The van der Waals surface area contributed by atoms with Crippen LogP contribution in [0.3, 0.4) is 0 Å². The maximum absolute atomic E-state index is 12.9. The number of rotatable bonds is 6. The molecule has 0 aliphatic heterocycles. The van der Waals surface area contributed by atoms with E-state index in [1.54, 1.807) is 0 Å². The molecule has 0 saturated carbocycles. The number of thioether (sulfide) groups is 1. The fourth-order valence-electron chi connectivity index (χ4n) is 2.09. The van der Waals surface area contributed by atoms with Gasteiger partial charge in [-0.25, -0.2) is 9.18 Å². The molecule has 2 N–H and O–H groups in total. The maximum Gasteiger partial charge on any atom is 0.321 e. The third kappa shape index (κ3) is 5.65. The molecule has 0 atom stereocenters. The van der Waals surface area contributed by atoms with E-state index in [1.165, 1.54) is 24.3 Å². The summed E-state index contributed by atoms with van der Waals surface area (Å²) in [5, 5.41) is 12.7. The van der Waals surface area contributed by atoms with Gasteiger partial charge in [-0.05, 0) is 29.8 Å². The molecule has 2 aromatic carbocycles. The van der Waals surface area contributed by atoms with Crippen molar-refractivity contribution in [1.29, 1.82) is 0 Å². The Kier molecular flexibility index (Phi) is 6.16. The first-order valence-electron chi connectivity index (χ1n) is 7.94. The fraction of sp³-hybridized carbons (Fsp3) is 0.111. The van der Waals surface area contributed by atoms with E-state index >= 15 is 0 Å². The van der Waals surface area contributed by atoms with E-state index in [0.717, 1.165) is 17.3 Å². The van der Waals surface area contributed by atoms with Crippen LogP contribution in [0.1, 0.15) is 5.56 Å². The van der Waals surface area contributed by atoms with Gasteiger partial charge < -0.3 is 9.73 Å². The molecule has 0 spiro atoms. The largest absolute Gasteiger partial charge is 0.411 e. The molecular weight excluding hydrogens is 371 g/mol. The van der Waals surface area contributed by atoms with Gasteiger partial charge in [-0.15, -0.1) is 10.2 Å². The smallest absolute Gasteiger partial charge is 0.321 e. The third-order valence-electron chi connectivity index (χ3n) is 3.37. The summed E-state index contributed by atoms with van der Waals surface area (Å²) in [6, 6.07) is 14.4. The van der Waals surface area contributed by atoms with Crippen molar-refractivity contribution in [3.8, 4) is 11.5 Å². The first kappa shape index (κ1) is 18.6. The van der Waals surface area contributed by atoms with E-state index in [1.807, 2.05) is 30.3 Å². The number of urea groups is 1. The van der Waals surface area contributed by atoms with Crippen molar-refractivity contribution < 1.29 is 18.4 Å². The van der Waals surface area contributed by atoms with Gasteiger partial charge in [-0.1, -0.05) is 42.1 Å². The Morgan fingerprint density at radius 2 is 1.78 bits per heavy atom. The zero-order valence-corrected chi connectivity index (χ0v) is 14.8. The number of benzene rings is 2. The summed E-state index contributed by atoms with van der Waals surface area (Å²) >= 11 is 0.997. The number of hydrogen-bond donors (Lipinski definition) is 2. The van der Waals surface area contributed by atoms with Gasteiger partial charge in [0.2, 0.25) is 11.8 Å². The van der Waals surface area contributed by atoms with E-state index in [2.05, 4.69) is 20.8 Å². The normalized spacial score (nSPS) is 10.4. The maximum atomic E-state index is 12.9. The second-order valence-electron chi connectivity index (χ2n) is 5.39. The summed E-state index contributed by atoms with van der Waals surface area (Å²) < 4.78 is 18.3. The predicted octanol–water partition coefficient (Wildman–Crippen LogP) is 2.99. The van der Waals surface area contributed by atoms with Crippen molar-refractivity contribution in [3.05, 3.63) is 66.0 Å². The van der Waals surface area contributed by atoms with Gasteiger partial charge in [0.1, 0.15) is 5.82 Å². The van der Waals surface area contributed by atoms with Gasteiger partial charge in [0.25, 0.3) is 5.22 Å². The van der Waals surface area contributed by atoms with E-state index in [9.17, 15) is 14.0 Å². The van der Waals surface area contributed by atoms with Crippen LogP contribution >= 0.6 is 11.8 Å². The molecule has 7 nitrogen and oxygen atoms in total. The van der Waals surface area contributed by atoms with Crippen molar-refractivity contribution in [1.82, 2.24) is 20.8 Å². The molecule has 0 saturated heterocycles. The van der Waals surface area contributed by atoms with Crippen LogP contribution in [-0.2, 0) is 11.3 Å². The van der Waals surface area contributed by atoms with Crippen molar-refractivity contribution in [2.75, 3.05) is 5.75 Å². The Hall–Kier alpha value is -3.20. The summed E-state index contributed by atoms with van der Waals surface area (Å²) in [6.07, 6.45) is 0. The first-order valence-corrected chi connectivity index (χ1v) is 8.92. The molecule has 1 heterocycles. The Morgan fingerprint density at radius 3 is 2.52 bits per heavy atom. The fourth-order valence-corrected chi connectivity index (χ4v) is 2.65. The van der Waals surface area contributed by atoms with Gasteiger partial charge in [0.15, 0.2) is 0 Å². The first-order chi connectivity index (χ1) is 13.1. The van der Waals surface area contributed by atoms with Crippen LogP contribution in [0.5, 0.6) is 0 Å². The van der Waals surface area contributed by atoms with E-state index in [4.69, 9.17) is 4.42 Å². The second-order valence-corrected chi connectivity index (χ2v) is 6.31. The number of nitrogens with zero attached hydrogens (tertiary/aromatic N) is 2. The number of carbonyl (C=O) groups is 2. The van der Waals surface area contributed by atoms with Crippen LogP contribution < -0.4 is 10.6 Å². The number of carbonyl (C=O) groups excluding carboxylic acids is 2. The summed E-state index contributed by atoms with van der Waals surface area (Å²) in [4.78, 5) is 23.5. The molecule has 0 bridgehead atoms. The highest BCUT2D eigenvalue weighted by atomic mass is 32.2. The van der Waals surface area contributed by atoms with Crippen LogP contribution in [0, 0.1) is 5.82 Å². The topological polar surface area (TPSA) is 97.1 Å². The highest BCUT2D eigenvalue weighted by Gasteiger charge is 2.13. The molecule has 3 amide bonds. The Morgan fingerprint density at radius 1 is 1.04 bits per heavy atom. The van der Waals surface area contributed by atoms with E-state index in [0.29, 0.717) is 12.1 Å². The minimum absolute atomic E-state index is 0.0657. The molecule has 0 radical (unpaired) electrons. The van der Waals surface area contributed by atoms with E-state index < -0.39 is 11.9 Å². The molecule has 138 valence electrons. The highest BCUT2D eigenvalue weighted by Crippen LogP contribution is 2.23. The average Bonchev–Trinajstić information content (AvgIpc) is 3.15. The minimum atomic E-state index is -0.581. The molecule has 1 aromatic heterocycles. The molecule has 3 rings (SSSR count). The number of hydrogen-bond acceptors (Lipinski definition) is 6. The molecule has 9 heteroatoms. The van der Waals surface area contributed by atoms with Gasteiger partial charge in [-0.3, -0.25) is 10.1 Å². The number of amides is 3. The molecule has 0 unspecified atom stereocenters. The van der Waals surface area contributed by atoms with Crippen molar-refractivity contribution >= 4 is 23.7 Å². The van der Waals surface area contributed by atoms with Crippen molar-refractivity contribution in [2.24, 2.45) is 0 Å². The standard InChI is InChI=1S/C18H15FN4O3S/c19-14-8-6-13(7-9-14)16-22-23-18(26-16)27-11-15(24)21-17(25)20-10-12-4-2-1-3-5-12/h1-9H,10-11H2,(H2,20,21,24,25). The molecule has 3 aromatic rings. The average molecular weight is 386 g/mol. The van der Waals surface area contributed by atoms with Gasteiger partial charge in [0, 0.05) is 12.1 Å². The van der Waals surface area contributed by atoms with Crippen LogP contribution in [0.4, 0.5) is 9.18 Å². The quantitative estimate of drug-likeness (QED) is 0.632. The Bertz CT molecular complexity index is 916. The van der Waals surface area contributed by atoms with Crippen LogP contribution in [0.25, 0.3) is 11.5 Å². The van der Waals surface area contributed by atoms with Gasteiger partial charge >= 0.3 is 6.03 Å². The molecule has 27 heavy (non-hydrogen) atoms. The Balaban J connectivity index is 1.44. The number of halogens is 1. The zero-order chi connectivity index (χ0) is 19.1. The SMILES string of the molecule is O=C(CSc1nnc(-c2ccc(F)cc2)o1)NC(=O)NCc1ccccc1. The number of imide groups is 1. The molecule has 0 aliphatic carbocycles. The summed E-state index contributed by atoms with van der Waals surface area (Å²) in [5.41, 5.74) is 1.49. The lowest BCUT2D eigenvalue weighted by atomic mass is 10.2. The van der Waals surface area contributed by atoms with Gasteiger partial charge in [0.05, 0.1) is 5.75 Å². The van der Waals surface area contributed by atoms with Crippen molar-refractivity contribution in [3.63, 3.8) is 0 Å². The second kappa shape index (κ2) is 8.95. The van der Waals surface area contributed by atoms with Crippen molar-refractivity contribution in [2.45, 2.75) is 11.8 Å².